The highest BCUT2D eigenvalue weighted by molar-refractivity contribution is 7.92. The van der Waals surface area contributed by atoms with Crippen LogP contribution in [0.1, 0.15) is 0 Å². The van der Waals surface area contributed by atoms with Gasteiger partial charge in [-0.1, -0.05) is 12.1 Å². The Kier molecular flexibility index (Phi) is 4.52. The summed E-state index contributed by atoms with van der Waals surface area (Å²) in [6.07, 6.45) is 9.62. The van der Waals surface area contributed by atoms with Crippen LogP contribution < -0.4 is 4.72 Å². The first-order chi connectivity index (χ1) is 15.0. The van der Waals surface area contributed by atoms with Crippen LogP contribution in [0.25, 0.3) is 39.3 Å². The van der Waals surface area contributed by atoms with E-state index in [4.69, 9.17) is 4.42 Å². The molecule has 154 valence electrons. The number of hydrogen-bond acceptors (Lipinski definition) is 6. The van der Waals surface area contributed by atoms with E-state index in [0.29, 0.717) is 11.3 Å². The van der Waals surface area contributed by atoms with Gasteiger partial charge in [0, 0.05) is 28.6 Å². The van der Waals surface area contributed by atoms with Crippen LogP contribution in [0.5, 0.6) is 0 Å². The molecule has 0 saturated heterocycles. The molecule has 0 atom stereocenters. The molecule has 0 radical (unpaired) electrons. The number of fused-ring (bicyclic) bond motifs is 1. The number of pyridine rings is 1. The van der Waals surface area contributed by atoms with Crippen molar-refractivity contribution < 1.29 is 12.8 Å². The molecule has 1 aromatic carbocycles. The molecule has 0 spiro atoms. The number of rotatable bonds is 5. The van der Waals surface area contributed by atoms with Crippen LogP contribution in [0.4, 0.5) is 5.69 Å². The van der Waals surface area contributed by atoms with Crippen molar-refractivity contribution in [2.75, 3.05) is 11.0 Å². The van der Waals surface area contributed by atoms with Crippen molar-refractivity contribution >= 4 is 21.4 Å². The fourth-order valence-corrected chi connectivity index (χ4v) is 3.92. The first kappa shape index (κ1) is 19.0. The highest BCUT2D eigenvalue weighted by Gasteiger charge is 2.11. The molecule has 4 heterocycles. The normalized spacial score (nSPS) is 11.6. The van der Waals surface area contributed by atoms with Crippen LogP contribution in [0.3, 0.4) is 0 Å². The van der Waals surface area contributed by atoms with Crippen LogP contribution in [0, 0.1) is 0 Å². The second-order valence-corrected chi connectivity index (χ2v) is 8.80. The third kappa shape index (κ3) is 3.90. The molecule has 0 unspecified atom stereocenters. The Morgan fingerprint density at radius 3 is 2.65 bits per heavy atom. The number of nitrogens with one attached hydrogen (secondary N) is 1. The van der Waals surface area contributed by atoms with Gasteiger partial charge in [0.15, 0.2) is 5.65 Å². The fraction of sp³-hybridized carbons (Fsp3) is 0.0455. The summed E-state index contributed by atoms with van der Waals surface area (Å²) in [4.78, 5) is 8.91. The van der Waals surface area contributed by atoms with E-state index in [-0.39, 0.29) is 0 Å². The number of imidazole rings is 1. The molecular weight excluding hydrogens is 414 g/mol. The number of anilines is 1. The van der Waals surface area contributed by atoms with Gasteiger partial charge in [-0.25, -0.2) is 17.9 Å². The van der Waals surface area contributed by atoms with Gasteiger partial charge in [-0.2, -0.15) is 5.10 Å². The molecule has 9 heteroatoms. The summed E-state index contributed by atoms with van der Waals surface area (Å²) in [6.45, 7) is 0. The molecule has 0 bridgehead atoms. The maximum atomic E-state index is 11.5. The van der Waals surface area contributed by atoms with Crippen molar-refractivity contribution in [1.29, 1.82) is 0 Å². The van der Waals surface area contributed by atoms with Crippen molar-refractivity contribution in [1.82, 2.24) is 19.6 Å². The molecule has 1 N–H and O–H groups in total. The van der Waals surface area contributed by atoms with E-state index < -0.39 is 10.0 Å². The number of furan rings is 1. The maximum absolute atomic E-state index is 11.5. The summed E-state index contributed by atoms with van der Waals surface area (Å²) < 4.78 is 32.4. The summed E-state index contributed by atoms with van der Waals surface area (Å²) in [6, 6.07) is 14.8. The molecule has 0 aliphatic rings. The average molecular weight is 431 g/mol. The zero-order valence-corrected chi connectivity index (χ0v) is 17.2. The van der Waals surface area contributed by atoms with Crippen LogP contribution in [0.15, 0.2) is 84.1 Å². The van der Waals surface area contributed by atoms with E-state index in [1.54, 1.807) is 53.8 Å². The number of sulfonamides is 1. The monoisotopic (exact) mass is 431 g/mol. The summed E-state index contributed by atoms with van der Waals surface area (Å²) in [5.74, 6) is 0. The SMILES string of the molecule is CS(=O)(=O)Nc1cccc(-c2cnn3c(-c4ccnc(-c5ccoc5)c4)cnc3c2)c1. The lowest BCUT2D eigenvalue weighted by atomic mass is 10.1. The molecular formula is C22H17N5O3S. The number of aromatic nitrogens is 4. The Morgan fingerprint density at radius 2 is 1.84 bits per heavy atom. The Morgan fingerprint density at radius 1 is 0.935 bits per heavy atom. The van der Waals surface area contributed by atoms with Crippen LogP contribution >= 0.6 is 0 Å². The predicted octanol–water partition coefficient (Wildman–Crippen LogP) is 4.09. The van der Waals surface area contributed by atoms with Crippen molar-refractivity contribution in [3.63, 3.8) is 0 Å². The Balaban J connectivity index is 1.52. The molecule has 0 fully saturated rings. The Bertz CT molecular complexity index is 1490. The highest BCUT2D eigenvalue weighted by atomic mass is 32.2. The zero-order valence-electron chi connectivity index (χ0n) is 16.4. The molecule has 0 aliphatic heterocycles. The minimum Gasteiger partial charge on any atom is -0.472 e. The number of benzene rings is 1. The Labute approximate surface area is 178 Å². The van der Waals surface area contributed by atoms with E-state index in [0.717, 1.165) is 39.9 Å². The van der Waals surface area contributed by atoms with Crippen LogP contribution in [0.2, 0.25) is 0 Å². The van der Waals surface area contributed by atoms with Gasteiger partial charge in [-0.05, 0) is 42.0 Å². The van der Waals surface area contributed by atoms with Crippen molar-refractivity contribution in [3.05, 3.63) is 79.6 Å². The summed E-state index contributed by atoms with van der Waals surface area (Å²) in [5, 5.41) is 4.57. The third-order valence-corrected chi connectivity index (χ3v) is 5.34. The Hall–Kier alpha value is -3.98. The molecule has 0 amide bonds. The average Bonchev–Trinajstić information content (AvgIpc) is 3.42. The van der Waals surface area contributed by atoms with Crippen molar-refractivity contribution in [3.8, 4) is 33.6 Å². The fourth-order valence-electron chi connectivity index (χ4n) is 3.37. The molecule has 4 aromatic heterocycles. The predicted molar refractivity (Wildman–Crippen MR) is 118 cm³/mol. The molecule has 31 heavy (non-hydrogen) atoms. The number of hydrogen-bond donors (Lipinski definition) is 1. The topological polar surface area (TPSA) is 102 Å². The molecule has 0 saturated carbocycles. The highest BCUT2D eigenvalue weighted by Crippen LogP contribution is 2.27. The van der Waals surface area contributed by atoms with Gasteiger partial charge in [0.2, 0.25) is 10.0 Å². The minimum absolute atomic E-state index is 0.493. The lowest BCUT2D eigenvalue weighted by Crippen LogP contribution is -2.09. The molecule has 5 rings (SSSR count). The van der Waals surface area contributed by atoms with E-state index >= 15 is 0 Å². The molecule has 8 nitrogen and oxygen atoms in total. The largest absolute Gasteiger partial charge is 0.472 e. The second kappa shape index (κ2) is 7.37. The zero-order chi connectivity index (χ0) is 21.4. The van der Waals surface area contributed by atoms with E-state index in [1.165, 1.54) is 0 Å². The van der Waals surface area contributed by atoms with Gasteiger partial charge >= 0.3 is 0 Å². The van der Waals surface area contributed by atoms with Gasteiger partial charge in [0.25, 0.3) is 0 Å². The van der Waals surface area contributed by atoms with Crippen LogP contribution in [-0.2, 0) is 10.0 Å². The quantitative estimate of drug-likeness (QED) is 0.450. The summed E-state index contributed by atoms with van der Waals surface area (Å²) >= 11 is 0. The second-order valence-electron chi connectivity index (χ2n) is 7.05. The first-order valence-electron chi connectivity index (χ1n) is 9.37. The van der Waals surface area contributed by atoms with Gasteiger partial charge in [-0.15, -0.1) is 0 Å². The first-order valence-corrected chi connectivity index (χ1v) is 11.3. The standard InChI is InChI=1S/C22H17N5O3S/c1-31(28,29)26-19-4-2-3-15(9-19)18-11-22-24-13-21(27(22)25-12-18)16-5-7-23-20(10-16)17-6-8-30-14-17/h2-14,26H,1H3. The smallest absolute Gasteiger partial charge is 0.229 e. The number of nitrogens with zero attached hydrogens (tertiary/aromatic N) is 4. The third-order valence-electron chi connectivity index (χ3n) is 4.73. The van der Waals surface area contributed by atoms with Gasteiger partial charge in [-0.3, -0.25) is 9.71 Å². The van der Waals surface area contributed by atoms with Gasteiger partial charge in [0.1, 0.15) is 0 Å². The lowest BCUT2D eigenvalue weighted by molar-refractivity contribution is 0.568. The summed E-state index contributed by atoms with van der Waals surface area (Å²) in [7, 11) is -3.35. The lowest BCUT2D eigenvalue weighted by Gasteiger charge is -2.08. The van der Waals surface area contributed by atoms with Crippen LogP contribution in [-0.4, -0.2) is 34.3 Å². The summed E-state index contributed by atoms with van der Waals surface area (Å²) in [5.41, 5.74) is 6.29. The minimum atomic E-state index is -3.35. The molecule has 0 aliphatic carbocycles. The van der Waals surface area contributed by atoms with Crippen molar-refractivity contribution in [2.45, 2.75) is 0 Å². The maximum Gasteiger partial charge on any atom is 0.229 e. The van der Waals surface area contributed by atoms with Gasteiger partial charge in [0.05, 0.1) is 42.6 Å². The van der Waals surface area contributed by atoms with E-state index in [2.05, 4.69) is 19.8 Å². The van der Waals surface area contributed by atoms with Gasteiger partial charge < -0.3 is 4.42 Å². The van der Waals surface area contributed by atoms with E-state index in [1.807, 2.05) is 30.3 Å². The van der Waals surface area contributed by atoms with E-state index in [9.17, 15) is 8.42 Å². The molecule has 5 aromatic rings. The van der Waals surface area contributed by atoms with Crippen molar-refractivity contribution in [2.24, 2.45) is 0 Å².